The van der Waals surface area contributed by atoms with Gasteiger partial charge in [0.15, 0.2) is 0 Å². The zero-order chi connectivity index (χ0) is 12.4. The highest BCUT2D eigenvalue weighted by atomic mass is 15.3. The molecule has 0 saturated heterocycles. The molecule has 0 radical (unpaired) electrons. The Morgan fingerprint density at radius 1 is 1.18 bits per heavy atom. The van der Waals surface area contributed by atoms with Crippen molar-refractivity contribution in [3.05, 3.63) is 47.3 Å². The van der Waals surface area contributed by atoms with Gasteiger partial charge in [0.25, 0.3) is 0 Å². The molecule has 2 aromatic rings. The first-order valence-corrected chi connectivity index (χ1v) is 5.85. The molecule has 1 aromatic heterocycles. The van der Waals surface area contributed by atoms with Gasteiger partial charge in [0.05, 0.1) is 17.1 Å². The van der Waals surface area contributed by atoms with Crippen LogP contribution >= 0.6 is 0 Å². The molecule has 1 heterocycles. The fourth-order valence-corrected chi connectivity index (χ4v) is 2.25. The summed E-state index contributed by atoms with van der Waals surface area (Å²) in [7, 11) is 4.10. The lowest BCUT2D eigenvalue weighted by atomic mass is 10.2. The van der Waals surface area contributed by atoms with Crippen molar-refractivity contribution < 1.29 is 0 Å². The van der Waals surface area contributed by atoms with Crippen LogP contribution in [-0.4, -0.2) is 16.8 Å². The lowest BCUT2D eigenvalue weighted by molar-refractivity contribution is 0.730. The van der Waals surface area contributed by atoms with Crippen molar-refractivity contribution in [2.24, 2.45) is 7.05 Å². The minimum atomic E-state index is 0.911. The van der Waals surface area contributed by atoms with Crippen LogP contribution < -0.4 is 4.90 Å². The number of benzene rings is 1. The predicted octanol–water partition coefficient (Wildman–Crippen LogP) is 2.67. The van der Waals surface area contributed by atoms with Crippen molar-refractivity contribution in [1.29, 1.82) is 0 Å². The van der Waals surface area contributed by atoms with Crippen LogP contribution in [0.15, 0.2) is 30.3 Å². The summed E-state index contributed by atoms with van der Waals surface area (Å²) < 4.78 is 1.94. The molecular formula is C14H19N3. The highest BCUT2D eigenvalue weighted by Gasteiger charge is 2.13. The Kier molecular flexibility index (Phi) is 3.18. The molecule has 0 aliphatic heterocycles. The van der Waals surface area contributed by atoms with E-state index in [-0.39, 0.29) is 0 Å². The third-order valence-electron chi connectivity index (χ3n) is 3.12. The number of nitrogens with zero attached hydrogens (tertiary/aromatic N) is 3. The molecule has 0 aliphatic carbocycles. The maximum absolute atomic E-state index is 4.45. The number of aromatic nitrogens is 2. The molecule has 17 heavy (non-hydrogen) atoms. The summed E-state index contributed by atoms with van der Waals surface area (Å²) in [6.45, 7) is 5.08. The fraction of sp³-hybridized carbons (Fsp3) is 0.357. The van der Waals surface area contributed by atoms with E-state index in [9.17, 15) is 0 Å². The second-order valence-electron chi connectivity index (χ2n) is 4.48. The van der Waals surface area contributed by atoms with Crippen LogP contribution in [0.5, 0.6) is 0 Å². The molecule has 0 unspecified atom stereocenters. The van der Waals surface area contributed by atoms with E-state index in [1.807, 2.05) is 17.8 Å². The molecule has 0 spiro atoms. The third-order valence-corrected chi connectivity index (χ3v) is 3.12. The van der Waals surface area contributed by atoms with Gasteiger partial charge < -0.3 is 4.90 Å². The van der Waals surface area contributed by atoms with Crippen molar-refractivity contribution in [3.8, 4) is 0 Å². The van der Waals surface area contributed by atoms with Crippen molar-refractivity contribution >= 4 is 5.69 Å². The van der Waals surface area contributed by atoms with Gasteiger partial charge in [-0.3, -0.25) is 4.68 Å². The second-order valence-corrected chi connectivity index (χ2v) is 4.48. The lowest BCUT2D eigenvalue weighted by Gasteiger charge is -2.19. The molecule has 0 N–H and O–H groups in total. The first kappa shape index (κ1) is 11.7. The van der Waals surface area contributed by atoms with E-state index in [0.717, 1.165) is 12.2 Å². The molecule has 0 aliphatic rings. The Bertz CT molecular complexity index is 500. The Morgan fingerprint density at radius 2 is 1.82 bits per heavy atom. The maximum atomic E-state index is 4.45. The lowest BCUT2D eigenvalue weighted by Crippen LogP contribution is -2.17. The molecule has 1 aromatic carbocycles. The van der Waals surface area contributed by atoms with Gasteiger partial charge in [-0.05, 0) is 19.4 Å². The summed E-state index contributed by atoms with van der Waals surface area (Å²) >= 11 is 0. The molecule has 2 rings (SSSR count). The monoisotopic (exact) mass is 229 g/mol. The van der Waals surface area contributed by atoms with E-state index in [0.29, 0.717) is 0 Å². The van der Waals surface area contributed by atoms with Gasteiger partial charge in [0.1, 0.15) is 0 Å². The first-order valence-electron chi connectivity index (χ1n) is 5.85. The van der Waals surface area contributed by atoms with Crippen molar-refractivity contribution in [1.82, 2.24) is 9.78 Å². The van der Waals surface area contributed by atoms with Crippen LogP contribution in [0, 0.1) is 13.8 Å². The van der Waals surface area contributed by atoms with E-state index in [1.165, 1.54) is 16.9 Å². The van der Waals surface area contributed by atoms with Crippen LogP contribution in [0.3, 0.4) is 0 Å². The zero-order valence-electron chi connectivity index (χ0n) is 10.9. The molecule has 90 valence electrons. The predicted molar refractivity (Wildman–Crippen MR) is 71.2 cm³/mol. The summed E-state index contributed by atoms with van der Waals surface area (Å²) in [5.41, 5.74) is 4.85. The minimum absolute atomic E-state index is 0.911. The molecule has 0 fully saturated rings. The normalized spacial score (nSPS) is 10.6. The highest BCUT2D eigenvalue weighted by Crippen LogP contribution is 2.23. The number of anilines is 1. The van der Waals surface area contributed by atoms with Crippen LogP contribution in [0.4, 0.5) is 5.69 Å². The van der Waals surface area contributed by atoms with E-state index in [4.69, 9.17) is 0 Å². The van der Waals surface area contributed by atoms with Crippen LogP contribution in [-0.2, 0) is 13.6 Å². The standard InChI is InChI=1S/C14H19N3/c1-11-14(12(2)17(4)15-11)16(3)10-13-8-6-5-7-9-13/h5-9H,10H2,1-4H3. The molecule has 3 nitrogen and oxygen atoms in total. The quantitative estimate of drug-likeness (QED) is 0.807. The SMILES string of the molecule is Cc1nn(C)c(C)c1N(C)Cc1ccccc1. The number of rotatable bonds is 3. The van der Waals surface area contributed by atoms with E-state index in [1.54, 1.807) is 0 Å². The molecule has 0 atom stereocenters. The molecule has 0 amide bonds. The van der Waals surface area contributed by atoms with Crippen molar-refractivity contribution in [2.45, 2.75) is 20.4 Å². The molecular weight excluding hydrogens is 210 g/mol. The first-order chi connectivity index (χ1) is 8.09. The van der Waals surface area contributed by atoms with Gasteiger partial charge in [-0.1, -0.05) is 30.3 Å². The largest absolute Gasteiger partial charge is 0.367 e. The summed E-state index contributed by atoms with van der Waals surface area (Å²) in [6, 6.07) is 10.5. The number of hydrogen-bond donors (Lipinski definition) is 0. The minimum Gasteiger partial charge on any atom is -0.367 e. The van der Waals surface area contributed by atoms with Gasteiger partial charge >= 0.3 is 0 Å². The average Bonchev–Trinajstić information content (AvgIpc) is 2.54. The molecule has 0 saturated carbocycles. The zero-order valence-corrected chi connectivity index (χ0v) is 10.9. The Hall–Kier alpha value is -1.77. The van der Waals surface area contributed by atoms with Crippen LogP contribution in [0.1, 0.15) is 17.0 Å². The Balaban J connectivity index is 2.23. The topological polar surface area (TPSA) is 21.1 Å². The van der Waals surface area contributed by atoms with Gasteiger partial charge in [0, 0.05) is 20.6 Å². The highest BCUT2D eigenvalue weighted by molar-refractivity contribution is 5.54. The summed E-state index contributed by atoms with van der Waals surface area (Å²) in [5, 5.41) is 4.45. The van der Waals surface area contributed by atoms with Crippen molar-refractivity contribution in [2.75, 3.05) is 11.9 Å². The molecule has 0 bridgehead atoms. The Morgan fingerprint density at radius 3 is 2.35 bits per heavy atom. The number of aryl methyl sites for hydroxylation is 2. The fourth-order valence-electron chi connectivity index (χ4n) is 2.25. The van der Waals surface area contributed by atoms with Gasteiger partial charge in [-0.25, -0.2) is 0 Å². The smallest absolute Gasteiger partial charge is 0.0829 e. The summed E-state index contributed by atoms with van der Waals surface area (Å²) in [6.07, 6.45) is 0. The van der Waals surface area contributed by atoms with Gasteiger partial charge in [-0.15, -0.1) is 0 Å². The van der Waals surface area contributed by atoms with Crippen molar-refractivity contribution in [3.63, 3.8) is 0 Å². The van der Waals surface area contributed by atoms with Gasteiger partial charge in [-0.2, -0.15) is 5.10 Å². The Labute approximate surface area is 103 Å². The second kappa shape index (κ2) is 4.62. The van der Waals surface area contributed by atoms with Crippen LogP contribution in [0.2, 0.25) is 0 Å². The maximum Gasteiger partial charge on any atom is 0.0829 e. The van der Waals surface area contributed by atoms with E-state index in [2.05, 4.69) is 55.2 Å². The van der Waals surface area contributed by atoms with Gasteiger partial charge in [0.2, 0.25) is 0 Å². The summed E-state index contributed by atoms with van der Waals surface area (Å²) in [5.74, 6) is 0. The van der Waals surface area contributed by atoms with E-state index < -0.39 is 0 Å². The third kappa shape index (κ3) is 2.33. The summed E-state index contributed by atoms with van der Waals surface area (Å²) in [4.78, 5) is 2.26. The average molecular weight is 229 g/mol. The number of hydrogen-bond acceptors (Lipinski definition) is 2. The van der Waals surface area contributed by atoms with E-state index >= 15 is 0 Å². The van der Waals surface area contributed by atoms with Crippen LogP contribution in [0.25, 0.3) is 0 Å². The molecule has 3 heteroatoms.